The van der Waals surface area contributed by atoms with E-state index in [0.29, 0.717) is 57.8 Å². The van der Waals surface area contributed by atoms with Gasteiger partial charge in [-0.3, -0.25) is 4.79 Å². The molecule has 12 nitrogen and oxygen atoms in total. The molecule has 8 aliphatic rings. The number of rotatable bonds is 18. The second-order valence-electron chi connectivity index (χ2n) is 20.9. The number of Topliss-reactive ketones (excluding diaryl/α,β-unsaturated/α-hetero) is 1. The summed E-state index contributed by atoms with van der Waals surface area (Å²) in [4.78, 5) is 13.8. The van der Waals surface area contributed by atoms with Crippen molar-refractivity contribution in [2.24, 2.45) is 29.4 Å². The Kier molecular flexibility index (Phi) is 13.7. The van der Waals surface area contributed by atoms with Crippen molar-refractivity contribution in [2.45, 2.75) is 208 Å². The molecule has 13 heteroatoms. The van der Waals surface area contributed by atoms with Crippen molar-refractivity contribution < 1.29 is 52.5 Å². The van der Waals surface area contributed by atoms with Gasteiger partial charge < -0.3 is 53.5 Å². The number of carbonyl (C=O) groups excluding carboxylic acids is 1. The van der Waals surface area contributed by atoms with Gasteiger partial charge in [0.15, 0.2) is 5.79 Å². The van der Waals surface area contributed by atoms with Gasteiger partial charge in [-0.05, 0) is 75.0 Å². The first-order chi connectivity index (χ1) is 28.1. The lowest BCUT2D eigenvalue weighted by molar-refractivity contribution is -0.470. The molecule has 8 fully saturated rings. The van der Waals surface area contributed by atoms with Gasteiger partial charge >= 0.3 is 0 Å². The Balaban J connectivity index is 0.844. The summed E-state index contributed by atoms with van der Waals surface area (Å²) in [5.74, 6) is -0.382. The molecular formula is C46H75NO11Si. The summed E-state index contributed by atoms with van der Waals surface area (Å²) >= 11 is 0. The minimum absolute atomic E-state index is 0.000283. The van der Waals surface area contributed by atoms with E-state index in [1.54, 1.807) is 7.11 Å². The summed E-state index contributed by atoms with van der Waals surface area (Å²) in [7, 11) is 0.491. The molecule has 7 aliphatic heterocycles. The minimum atomic E-state index is -1.22. The number of nitrogens with two attached hydrogens (primary N) is 1. The van der Waals surface area contributed by atoms with Gasteiger partial charge in [-0.2, -0.15) is 0 Å². The minimum Gasteiger partial charge on any atom is -0.392 e. The van der Waals surface area contributed by atoms with E-state index in [4.69, 9.17) is 48.4 Å². The summed E-state index contributed by atoms with van der Waals surface area (Å²) in [6, 6.07) is 1.09. The van der Waals surface area contributed by atoms with Crippen LogP contribution in [0.3, 0.4) is 0 Å². The number of ketones is 1. The fourth-order valence-corrected chi connectivity index (χ4v) is 12.5. The molecule has 2 bridgehead atoms. The maximum atomic E-state index is 13.8. The van der Waals surface area contributed by atoms with Gasteiger partial charge in [0.25, 0.3) is 0 Å². The first kappa shape index (κ1) is 44.5. The first-order valence-corrected chi connectivity index (χ1v) is 26.8. The zero-order valence-corrected chi connectivity index (χ0v) is 37.7. The Bertz CT molecular complexity index is 1500. The van der Waals surface area contributed by atoms with E-state index in [0.717, 1.165) is 56.6 Å². The van der Waals surface area contributed by atoms with E-state index in [1.165, 1.54) is 5.57 Å². The molecule has 0 aromatic rings. The van der Waals surface area contributed by atoms with Crippen LogP contribution in [0.4, 0.5) is 0 Å². The van der Waals surface area contributed by atoms with Crippen molar-refractivity contribution in [2.75, 3.05) is 26.9 Å². The standard InChI is InChI=1S/C46H75NO11Si/c1-25-17-30(52-24-27(25)3)9-11-36-26(2)18-32(54-36)13-14-46-22-35(49)39-43-40(44(39)57-46)45(58-46)42-37(56-43)12-10-31(55-42)19-29(48)20-34-28(4)53-38(41(34)50-5)21-33(23-47)51-15-16-59(6,7)8/h25,28,30-45,49H,2-3,9-24,47H2,1,4-8H3/t25-,28+,30+,31-,32+,33+,34+,35-,36?,37+,38-,39?,40?,41-,42+,43+,44?,45-,46?/m1/s1. The second kappa shape index (κ2) is 18.2. The molecule has 0 aromatic heterocycles. The number of aliphatic hydroxyl groups is 1. The van der Waals surface area contributed by atoms with Crippen LogP contribution in [0.25, 0.3) is 0 Å². The van der Waals surface area contributed by atoms with Gasteiger partial charge in [0.05, 0.1) is 86.0 Å². The van der Waals surface area contributed by atoms with E-state index in [9.17, 15) is 9.90 Å². The Morgan fingerprint density at radius 2 is 1.73 bits per heavy atom. The maximum Gasteiger partial charge on any atom is 0.171 e. The highest BCUT2D eigenvalue weighted by molar-refractivity contribution is 6.76. The van der Waals surface area contributed by atoms with Crippen LogP contribution in [0.5, 0.6) is 0 Å². The summed E-state index contributed by atoms with van der Waals surface area (Å²) < 4.78 is 58.6. The average Bonchev–Trinajstić information content (AvgIpc) is 3.68. The third-order valence-electron chi connectivity index (χ3n) is 15.4. The van der Waals surface area contributed by atoms with Crippen molar-refractivity contribution in [3.05, 3.63) is 24.3 Å². The van der Waals surface area contributed by atoms with Crippen molar-refractivity contribution in [1.29, 1.82) is 0 Å². The number of methoxy groups -OCH3 is 1. The molecule has 19 atom stereocenters. The highest BCUT2D eigenvalue weighted by atomic mass is 28.3. The Morgan fingerprint density at radius 1 is 0.932 bits per heavy atom. The summed E-state index contributed by atoms with van der Waals surface area (Å²) in [5.41, 5.74) is 8.45. The fourth-order valence-electron chi connectivity index (χ4n) is 11.8. The fraction of sp³-hybridized carbons (Fsp3) is 0.891. The quantitative estimate of drug-likeness (QED) is 0.125. The van der Waals surface area contributed by atoms with Crippen LogP contribution in [-0.2, 0) is 47.4 Å². The molecule has 3 N–H and O–H groups in total. The molecule has 7 saturated heterocycles. The van der Waals surface area contributed by atoms with Crippen LogP contribution in [0.15, 0.2) is 24.3 Å². The Labute approximate surface area is 353 Å². The number of carbonyl (C=O) groups is 1. The largest absolute Gasteiger partial charge is 0.392 e. The predicted octanol–water partition coefficient (Wildman–Crippen LogP) is 5.89. The van der Waals surface area contributed by atoms with Gasteiger partial charge in [-0.25, -0.2) is 0 Å². The van der Waals surface area contributed by atoms with E-state index in [2.05, 4.69) is 39.7 Å². The zero-order valence-electron chi connectivity index (χ0n) is 36.7. The lowest BCUT2D eigenvalue weighted by Gasteiger charge is -2.69. The predicted molar refractivity (Wildman–Crippen MR) is 225 cm³/mol. The van der Waals surface area contributed by atoms with Crippen LogP contribution in [0.2, 0.25) is 25.7 Å². The molecule has 0 amide bonds. The summed E-state index contributed by atoms with van der Waals surface area (Å²) in [5, 5.41) is 11.4. The average molecular weight is 846 g/mol. The van der Waals surface area contributed by atoms with E-state index in [1.807, 2.05) is 6.92 Å². The maximum absolute atomic E-state index is 13.8. The Hall–Kier alpha value is -1.07. The van der Waals surface area contributed by atoms with Crippen molar-refractivity contribution >= 4 is 13.9 Å². The number of hydrogen-bond acceptors (Lipinski definition) is 12. The molecule has 1 aliphatic carbocycles. The lowest BCUT2D eigenvalue weighted by Crippen LogP contribution is -2.81. The number of hydrogen-bond donors (Lipinski definition) is 2. The summed E-state index contributed by atoms with van der Waals surface area (Å²) in [6.07, 6.45) is 6.33. The molecule has 59 heavy (non-hydrogen) atoms. The zero-order chi connectivity index (χ0) is 41.8. The molecule has 0 radical (unpaired) electrons. The Morgan fingerprint density at radius 3 is 2.47 bits per heavy atom. The molecule has 334 valence electrons. The third-order valence-corrected chi connectivity index (χ3v) is 17.1. The number of fused-ring (bicyclic) bond motifs is 4. The molecule has 5 unspecified atom stereocenters. The monoisotopic (exact) mass is 846 g/mol. The lowest BCUT2D eigenvalue weighted by atomic mass is 9.57. The van der Waals surface area contributed by atoms with Crippen LogP contribution < -0.4 is 5.73 Å². The van der Waals surface area contributed by atoms with Crippen molar-refractivity contribution in [3.8, 4) is 0 Å². The highest BCUT2D eigenvalue weighted by Crippen LogP contribution is 2.60. The van der Waals surface area contributed by atoms with E-state index in [-0.39, 0.29) is 103 Å². The van der Waals surface area contributed by atoms with Gasteiger partial charge in [0, 0.05) is 78.2 Å². The normalized spacial score (nSPS) is 45.9. The summed E-state index contributed by atoms with van der Waals surface area (Å²) in [6.45, 7) is 21.6. The first-order valence-electron chi connectivity index (χ1n) is 23.1. The van der Waals surface area contributed by atoms with Crippen LogP contribution in [0.1, 0.15) is 90.9 Å². The van der Waals surface area contributed by atoms with Crippen molar-refractivity contribution in [1.82, 2.24) is 0 Å². The molecular weight excluding hydrogens is 771 g/mol. The smallest absolute Gasteiger partial charge is 0.171 e. The van der Waals surface area contributed by atoms with Gasteiger partial charge in [-0.15, -0.1) is 0 Å². The second-order valence-corrected chi connectivity index (χ2v) is 26.5. The van der Waals surface area contributed by atoms with Gasteiger partial charge in [0.2, 0.25) is 0 Å². The van der Waals surface area contributed by atoms with Gasteiger partial charge in [0.1, 0.15) is 11.9 Å². The van der Waals surface area contributed by atoms with E-state index < -0.39 is 20.0 Å². The van der Waals surface area contributed by atoms with Crippen LogP contribution in [-0.4, -0.2) is 137 Å². The molecule has 0 spiro atoms. The third kappa shape index (κ3) is 9.58. The molecule has 7 heterocycles. The van der Waals surface area contributed by atoms with E-state index >= 15 is 0 Å². The highest BCUT2D eigenvalue weighted by Gasteiger charge is 2.72. The number of ether oxygens (including phenoxy) is 9. The molecule has 1 saturated carbocycles. The van der Waals surface area contributed by atoms with Crippen molar-refractivity contribution in [3.63, 3.8) is 0 Å². The number of aliphatic hydroxyl groups excluding tert-OH is 1. The van der Waals surface area contributed by atoms with Crippen LogP contribution >= 0.6 is 0 Å². The van der Waals surface area contributed by atoms with Gasteiger partial charge in [-0.1, -0.05) is 39.7 Å². The SMILES string of the molecule is C=C1C[C@H](CCC23C[C@@H](O)C4C(O2)C2[C@H]4O[C@H]4CC[C@H](CC(=O)C[C@@H]5[C@@H](OC)[C@@H](C[C@@H](CN)OCC[Si](C)(C)C)O[C@H]5C)O[C@@H]4[C@@H]2O3)OC1CC[C@H]1C[C@@H](C)C(=C)CO1. The topological polar surface area (TPSA) is 146 Å². The van der Waals surface area contributed by atoms with Crippen LogP contribution in [0, 0.1) is 23.7 Å². The molecule has 0 aromatic carbocycles. The molecule has 8 rings (SSSR count).